The van der Waals surface area contributed by atoms with E-state index in [2.05, 4.69) is 11.4 Å². The summed E-state index contributed by atoms with van der Waals surface area (Å²) in [5.41, 5.74) is 0.151. The van der Waals surface area contributed by atoms with E-state index in [0.717, 1.165) is 18.5 Å². The van der Waals surface area contributed by atoms with Crippen LogP contribution in [0, 0.1) is 17.2 Å². The Hall–Kier alpha value is -1.40. The van der Waals surface area contributed by atoms with Crippen LogP contribution in [0.3, 0.4) is 0 Å². The molecule has 3 heteroatoms. The van der Waals surface area contributed by atoms with E-state index in [1.807, 2.05) is 0 Å². The Bertz CT molecular complexity index is 448. The molecule has 1 aliphatic heterocycles. The van der Waals surface area contributed by atoms with E-state index < -0.39 is 5.67 Å². The van der Waals surface area contributed by atoms with Gasteiger partial charge in [-0.2, -0.15) is 5.26 Å². The van der Waals surface area contributed by atoms with Crippen LogP contribution in [0.15, 0.2) is 24.3 Å². The predicted molar refractivity (Wildman–Crippen MR) is 58.5 cm³/mol. The maximum absolute atomic E-state index is 14.9. The highest BCUT2D eigenvalue weighted by atomic mass is 19.1. The van der Waals surface area contributed by atoms with Gasteiger partial charge in [0, 0.05) is 24.9 Å². The SMILES string of the molecule is N#Cc1ccc(C2(F)CC3CC2CN3)cc1. The van der Waals surface area contributed by atoms with Crippen molar-refractivity contribution in [2.45, 2.75) is 24.6 Å². The molecule has 0 radical (unpaired) electrons. The topological polar surface area (TPSA) is 35.8 Å². The number of rotatable bonds is 1. The van der Waals surface area contributed by atoms with Crippen LogP contribution in [0.25, 0.3) is 0 Å². The summed E-state index contributed by atoms with van der Waals surface area (Å²) in [6, 6.07) is 9.33. The second kappa shape index (κ2) is 3.29. The van der Waals surface area contributed by atoms with Gasteiger partial charge in [-0.3, -0.25) is 0 Å². The number of hydrogen-bond acceptors (Lipinski definition) is 2. The van der Waals surface area contributed by atoms with Crippen molar-refractivity contribution >= 4 is 0 Å². The van der Waals surface area contributed by atoms with Gasteiger partial charge in [-0.1, -0.05) is 12.1 Å². The molecular weight excluding hydrogens is 203 g/mol. The second-order valence-corrected chi connectivity index (χ2v) is 4.79. The third kappa shape index (κ3) is 1.27. The lowest BCUT2D eigenvalue weighted by molar-refractivity contribution is 0.0936. The van der Waals surface area contributed by atoms with E-state index in [-0.39, 0.29) is 5.92 Å². The molecule has 3 atom stereocenters. The van der Waals surface area contributed by atoms with Crippen LogP contribution in [0.2, 0.25) is 0 Å². The maximum Gasteiger partial charge on any atom is 0.141 e. The predicted octanol–water partition coefficient (Wildman–Crippen LogP) is 2.10. The minimum absolute atomic E-state index is 0.102. The highest BCUT2D eigenvalue weighted by molar-refractivity contribution is 5.35. The summed E-state index contributed by atoms with van der Waals surface area (Å²) >= 11 is 0. The molecule has 1 saturated carbocycles. The summed E-state index contributed by atoms with van der Waals surface area (Å²) in [5, 5.41) is 12.0. The lowest BCUT2D eigenvalue weighted by Crippen LogP contribution is -2.38. The first-order valence-corrected chi connectivity index (χ1v) is 5.65. The first kappa shape index (κ1) is 9.80. The highest BCUT2D eigenvalue weighted by Gasteiger charge is 2.52. The number of benzene rings is 1. The van der Waals surface area contributed by atoms with Crippen molar-refractivity contribution in [2.24, 2.45) is 5.92 Å². The van der Waals surface area contributed by atoms with Gasteiger partial charge in [-0.15, -0.1) is 0 Å². The molecule has 0 spiro atoms. The van der Waals surface area contributed by atoms with Crippen molar-refractivity contribution < 1.29 is 4.39 Å². The number of nitrogens with one attached hydrogen (secondary N) is 1. The number of nitrogens with zero attached hydrogens (tertiary/aromatic N) is 1. The maximum atomic E-state index is 14.9. The summed E-state index contributed by atoms with van der Waals surface area (Å²) in [7, 11) is 0. The summed E-state index contributed by atoms with van der Waals surface area (Å²) in [4.78, 5) is 0. The smallest absolute Gasteiger partial charge is 0.141 e. The Morgan fingerprint density at radius 2 is 2.12 bits per heavy atom. The van der Waals surface area contributed by atoms with E-state index in [1.165, 1.54) is 0 Å². The monoisotopic (exact) mass is 216 g/mol. The quantitative estimate of drug-likeness (QED) is 0.780. The summed E-state index contributed by atoms with van der Waals surface area (Å²) in [6.45, 7) is 0.779. The molecule has 1 aliphatic carbocycles. The molecule has 1 heterocycles. The Balaban J connectivity index is 1.94. The number of halogens is 1. The van der Waals surface area contributed by atoms with Crippen LogP contribution in [-0.2, 0) is 5.67 Å². The van der Waals surface area contributed by atoms with Gasteiger partial charge in [0.2, 0.25) is 0 Å². The molecule has 0 aromatic heterocycles. The van der Waals surface area contributed by atoms with Gasteiger partial charge < -0.3 is 5.32 Å². The third-order valence-electron chi connectivity index (χ3n) is 3.91. The molecule has 1 N–H and O–H groups in total. The van der Waals surface area contributed by atoms with Crippen LogP contribution in [0.1, 0.15) is 24.0 Å². The molecule has 2 nitrogen and oxygen atoms in total. The minimum Gasteiger partial charge on any atom is -0.313 e. The summed E-state index contributed by atoms with van der Waals surface area (Å²) < 4.78 is 14.9. The lowest BCUT2D eigenvalue weighted by atomic mass is 9.84. The molecule has 2 bridgehead atoms. The Labute approximate surface area is 94.1 Å². The van der Waals surface area contributed by atoms with Crippen molar-refractivity contribution in [3.8, 4) is 6.07 Å². The number of alkyl halides is 1. The summed E-state index contributed by atoms with van der Waals surface area (Å²) in [6.07, 6.45) is 1.51. The largest absolute Gasteiger partial charge is 0.313 e. The minimum atomic E-state index is -1.18. The third-order valence-corrected chi connectivity index (χ3v) is 3.91. The van der Waals surface area contributed by atoms with Gasteiger partial charge in [-0.25, -0.2) is 4.39 Å². The van der Waals surface area contributed by atoms with Crippen LogP contribution < -0.4 is 5.32 Å². The second-order valence-electron chi connectivity index (χ2n) is 4.79. The molecule has 1 saturated heterocycles. The zero-order valence-electron chi connectivity index (χ0n) is 8.91. The number of hydrogen-bond donors (Lipinski definition) is 1. The number of piperidine rings is 1. The average molecular weight is 216 g/mol. The fraction of sp³-hybridized carbons (Fsp3) is 0.462. The standard InChI is InChI=1S/C13H13FN2/c14-13(6-12-5-11(13)8-16-12)10-3-1-9(7-15)2-4-10/h1-4,11-12,16H,5-6,8H2. The molecule has 82 valence electrons. The van der Waals surface area contributed by atoms with Gasteiger partial charge in [-0.05, 0) is 24.1 Å². The van der Waals surface area contributed by atoms with E-state index in [9.17, 15) is 4.39 Å². The Kier molecular flexibility index (Phi) is 2.02. The van der Waals surface area contributed by atoms with E-state index in [1.54, 1.807) is 24.3 Å². The molecule has 16 heavy (non-hydrogen) atoms. The van der Waals surface area contributed by atoms with Crippen LogP contribution >= 0.6 is 0 Å². The van der Waals surface area contributed by atoms with Gasteiger partial charge in [0.05, 0.1) is 11.6 Å². The number of fused-ring (bicyclic) bond motifs is 2. The van der Waals surface area contributed by atoms with E-state index >= 15 is 0 Å². The fourth-order valence-corrected chi connectivity index (χ4v) is 3.02. The molecule has 2 aliphatic rings. The lowest BCUT2D eigenvalue weighted by Gasteiger charge is -2.30. The Morgan fingerprint density at radius 3 is 2.62 bits per heavy atom. The van der Waals surface area contributed by atoms with Gasteiger partial charge >= 0.3 is 0 Å². The first-order valence-electron chi connectivity index (χ1n) is 5.65. The average Bonchev–Trinajstić information content (AvgIpc) is 2.89. The molecular formula is C13H13FN2. The normalized spacial score (nSPS) is 36.2. The van der Waals surface area contributed by atoms with E-state index in [0.29, 0.717) is 18.0 Å². The fourth-order valence-electron chi connectivity index (χ4n) is 3.02. The molecule has 3 rings (SSSR count). The van der Waals surface area contributed by atoms with Crippen molar-refractivity contribution in [1.29, 1.82) is 5.26 Å². The molecule has 3 unspecified atom stereocenters. The number of nitriles is 1. The van der Waals surface area contributed by atoms with Crippen molar-refractivity contribution in [2.75, 3.05) is 6.54 Å². The van der Waals surface area contributed by atoms with Crippen LogP contribution in [0.5, 0.6) is 0 Å². The zero-order chi connectivity index (χ0) is 11.2. The molecule has 0 amide bonds. The van der Waals surface area contributed by atoms with Gasteiger partial charge in [0.1, 0.15) is 5.67 Å². The molecule has 2 fully saturated rings. The van der Waals surface area contributed by atoms with Gasteiger partial charge in [0.15, 0.2) is 0 Å². The highest BCUT2D eigenvalue weighted by Crippen LogP contribution is 2.49. The Morgan fingerprint density at radius 1 is 1.38 bits per heavy atom. The molecule has 1 aromatic carbocycles. The van der Waals surface area contributed by atoms with Crippen LogP contribution in [0.4, 0.5) is 4.39 Å². The molecule has 1 aromatic rings. The van der Waals surface area contributed by atoms with Crippen LogP contribution in [-0.4, -0.2) is 12.6 Å². The van der Waals surface area contributed by atoms with Crippen molar-refractivity contribution in [1.82, 2.24) is 5.32 Å². The van der Waals surface area contributed by atoms with Crippen molar-refractivity contribution in [3.63, 3.8) is 0 Å². The van der Waals surface area contributed by atoms with Gasteiger partial charge in [0.25, 0.3) is 0 Å². The first-order chi connectivity index (χ1) is 7.72. The summed E-state index contributed by atoms with van der Waals surface area (Å²) in [5.74, 6) is 0.102. The zero-order valence-corrected chi connectivity index (χ0v) is 8.91. The van der Waals surface area contributed by atoms with Crippen molar-refractivity contribution in [3.05, 3.63) is 35.4 Å². The van der Waals surface area contributed by atoms with E-state index in [4.69, 9.17) is 5.26 Å².